The van der Waals surface area contributed by atoms with E-state index in [9.17, 15) is 27.6 Å². The number of halogens is 3. The normalized spacial score (nSPS) is 12.7. The van der Waals surface area contributed by atoms with E-state index in [0.717, 1.165) is 4.90 Å². The highest BCUT2D eigenvalue weighted by atomic mass is 19.4. The summed E-state index contributed by atoms with van der Waals surface area (Å²) in [5.41, 5.74) is 10.1. The van der Waals surface area contributed by atoms with Gasteiger partial charge in [0.1, 0.15) is 13.1 Å². The van der Waals surface area contributed by atoms with E-state index in [1.165, 1.54) is 14.1 Å². The smallest absolute Gasteiger partial charge is 0.370 e. The lowest BCUT2D eigenvalue weighted by Crippen LogP contribution is -2.51. The maximum Gasteiger partial charge on any atom is 0.406 e. The Morgan fingerprint density at radius 3 is 2.05 bits per heavy atom. The Morgan fingerprint density at radius 2 is 1.70 bits per heavy atom. The maximum absolute atomic E-state index is 12.4. The minimum atomic E-state index is -4.69. The van der Waals surface area contributed by atoms with Crippen LogP contribution < -0.4 is 11.5 Å². The standard InChI is InChI=1S/C10H17F3N4O3/c1-16(2)8(19)4-17(5-10(11,12)13)9(20)6(14)3-7(15)18/h6H,3-5,14H2,1-2H3,(H2,15,18). The van der Waals surface area contributed by atoms with Crippen LogP contribution in [0.5, 0.6) is 0 Å². The second-order valence-corrected chi connectivity index (χ2v) is 4.37. The van der Waals surface area contributed by atoms with Crippen LogP contribution in [0.4, 0.5) is 13.2 Å². The molecule has 10 heteroatoms. The number of nitrogens with zero attached hydrogens (tertiary/aromatic N) is 2. The average Bonchev–Trinajstić information content (AvgIpc) is 2.23. The molecule has 0 saturated heterocycles. The third kappa shape index (κ3) is 6.92. The summed E-state index contributed by atoms with van der Waals surface area (Å²) in [5, 5.41) is 0. The number of hydrogen-bond acceptors (Lipinski definition) is 4. The molecule has 0 aliphatic carbocycles. The fourth-order valence-electron chi connectivity index (χ4n) is 1.27. The van der Waals surface area contributed by atoms with Crippen molar-refractivity contribution >= 4 is 17.7 Å². The summed E-state index contributed by atoms with van der Waals surface area (Å²) in [6.07, 6.45) is -5.28. The molecule has 0 aromatic carbocycles. The molecule has 7 nitrogen and oxygen atoms in total. The molecule has 0 spiro atoms. The molecule has 0 aliphatic heterocycles. The van der Waals surface area contributed by atoms with Gasteiger partial charge in [0.2, 0.25) is 17.7 Å². The molecule has 1 unspecified atom stereocenters. The van der Waals surface area contributed by atoms with Crippen LogP contribution in [0.25, 0.3) is 0 Å². The van der Waals surface area contributed by atoms with Gasteiger partial charge in [-0.1, -0.05) is 0 Å². The van der Waals surface area contributed by atoms with Gasteiger partial charge in [-0.25, -0.2) is 0 Å². The van der Waals surface area contributed by atoms with Crippen LogP contribution in [0.15, 0.2) is 0 Å². The first kappa shape index (κ1) is 18.2. The topological polar surface area (TPSA) is 110 Å². The van der Waals surface area contributed by atoms with Crippen molar-refractivity contribution in [2.75, 3.05) is 27.2 Å². The number of primary amides is 1. The first-order chi connectivity index (χ1) is 8.94. The van der Waals surface area contributed by atoms with E-state index >= 15 is 0 Å². The second-order valence-electron chi connectivity index (χ2n) is 4.37. The largest absolute Gasteiger partial charge is 0.406 e. The average molecular weight is 298 g/mol. The van der Waals surface area contributed by atoms with E-state index in [1.54, 1.807) is 0 Å². The SMILES string of the molecule is CN(C)C(=O)CN(CC(F)(F)F)C(=O)C(N)CC(N)=O. The number of hydrogen-bond donors (Lipinski definition) is 2. The van der Waals surface area contributed by atoms with Crippen LogP contribution in [0.3, 0.4) is 0 Å². The van der Waals surface area contributed by atoms with Crippen LogP contribution in [-0.2, 0) is 14.4 Å². The predicted molar refractivity (Wildman–Crippen MR) is 63.1 cm³/mol. The molecule has 0 saturated carbocycles. The quantitative estimate of drug-likeness (QED) is 0.633. The third-order valence-corrected chi connectivity index (χ3v) is 2.25. The molecule has 0 bridgehead atoms. The number of carbonyl (C=O) groups excluding carboxylic acids is 3. The zero-order valence-electron chi connectivity index (χ0n) is 11.1. The zero-order valence-corrected chi connectivity index (χ0v) is 11.1. The van der Waals surface area contributed by atoms with Gasteiger partial charge in [-0.15, -0.1) is 0 Å². The number of likely N-dealkylation sites (N-methyl/N-ethyl adjacent to an activating group) is 1. The van der Waals surface area contributed by atoms with Gasteiger partial charge in [-0.05, 0) is 0 Å². The second kappa shape index (κ2) is 7.08. The Balaban J connectivity index is 4.96. The summed E-state index contributed by atoms with van der Waals surface area (Å²) in [6, 6.07) is -1.51. The minimum absolute atomic E-state index is 0.260. The lowest BCUT2D eigenvalue weighted by atomic mass is 10.2. The molecule has 3 amide bonds. The van der Waals surface area contributed by atoms with Gasteiger partial charge in [0.25, 0.3) is 0 Å². The van der Waals surface area contributed by atoms with Crippen LogP contribution >= 0.6 is 0 Å². The first-order valence-electron chi connectivity index (χ1n) is 5.53. The van der Waals surface area contributed by atoms with Gasteiger partial charge in [-0.2, -0.15) is 13.2 Å². The van der Waals surface area contributed by atoms with Gasteiger partial charge in [-0.3, -0.25) is 14.4 Å². The predicted octanol–water partition coefficient (Wildman–Crippen LogP) is -1.33. The van der Waals surface area contributed by atoms with Crippen molar-refractivity contribution in [2.24, 2.45) is 11.5 Å². The molecule has 0 fully saturated rings. The molecule has 0 rings (SSSR count). The molecule has 0 aliphatic rings. The van der Waals surface area contributed by atoms with Crippen molar-refractivity contribution in [1.82, 2.24) is 9.80 Å². The molecule has 0 aromatic rings. The number of amides is 3. The highest BCUT2D eigenvalue weighted by Crippen LogP contribution is 2.17. The van der Waals surface area contributed by atoms with E-state index < -0.39 is 49.5 Å². The van der Waals surface area contributed by atoms with Crippen LogP contribution in [-0.4, -0.2) is 66.9 Å². The molecule has 20 heavy (non-hydrogen) atoms. The van der Waals surface area contributed by atoms with Crippen LogP contribution in [0.1, 0.15) is 6.42 Å². The van der Waals surface area contributed by atoms with Gasteiger partial charge in [0.15, 0.2) is 0 Å². The van der Waals surface area contributed by atoms with Crippen molar-refractivity contribution in [3.8, 4) is 0 Å². The van der Waals surface area contributed by atoms with Crippen LogP contribution in [0, 0.1) is 0 Å². The van der Waals surface area contributed by atoms with E-state index in [0.29, 0.717) is 0 Å². The summed E-state index contributed by atoms with van der Waals surface area (Å²) in [4.78, 5) is 35.1. The molecule has 0 heterocycles. The summed E-state index contributed by atoms with van der Waals surface area (Å²) < 4.78 is 37.2. The summed E-state index contributed by atoms with van der Waals surface area (Å²) in [6.45, 7) is -2.41. The highest BCUT2D eigenvalue weighted by Gasteiger charge is 2.36. The van der Waals surface area contributed by atoms with E-state index in [1.807, 2.05) is 0 Å². The lowest BCUT2D eigenvalue weighted by Gasteiger charge is -2.26. The van der Waals surface area contributed by atoms with Crippen molar-refractivity contribution in [2.45, 2.75) is 18.6 Å². The lowest BCUT2D eigenvalue weighted by molar-refractivity contribution is -0.164. The van der Waals surface area contributed by atoms with Gasteiger partial charge in [0, 0.05) is 14.1 Å². The summed E-state index contributed by atoms with van der Waals surface area (Å²) >= 11 is 0. The van der Waals surface area contributed by atoms with Gasteiger partial charge in [0.05, 0.1) is 12.5 Å². The maximum atomic E-state index is 12.4. The van der Waals surface area contributed by atoms with Crippen LogP contribution in [0.2, 0.25) is 0 Å². The molecular weight excluding hydrogens is 281 g/mol. The van der Waals surface area contributed by atoms with Gasteiger partial charge < -0.3 is 21.3 Å². The van der Waals surface area contributed by atoms with Crippen molar-refractivity contribution in [3.63, 3.8) is 0 Å². The molecule has 1 atom stereocenters. The van der Waals surface area contributed by atoms with Crippen molar-refractivity contribution in [3.05, 3.63) is 0 Å². The number of nitrogens with two attached hydrogens (primary N) is 2. The number of rotatable bonds is 6. The van der Waals surface area contributed by atoms with E-state index in [2.05, 4.69) is 0 Å². The van der Waals surface area contributed by atoms with E-state index in [4.69, 9.17) is 11.5 Å². The Morgan fingerprint density at radius 1 is 1.20 bits per heavy atom. The molecule has 0 radical (unpaired) electrons. The van der Waals surface area contributed by atoms with Crippen molar-refractivity contribution < 1.29 is 27.6 Å². The fraction of sp³-hybridized carbons (Fsp3) is 0.700. The highest BCUT2D eigenvalue weighted by molar-refractivity contribution is 5.90. The minimum Gasteiger partial charge on any atom is -0.370 e. The Hall–Kier alpha value is -1.84. The van der Waals surface area contributed by atoms with E-state index in [-0.39, 0.29) is 4.90 Å². The summed E-state index contributed by atoms with van der Waals surface area (Å²) in [5.74, 6) is -2.78. The number of carbonyl (C=O) groups is 3. The first-order valence-corrected chi connectivity index (χ1v) is 5.53. The Labute approximate surface area is 113 Å². The Kier molecular flexibility index (Phi) is 6.43. The molecular formula is C10H17F3N4O3. The van der Waals surface area contributed by atoms with Gasteiger partial charge >= 0.3 is 6.18 Å². The molecule has 0 aromatic heterocycles. The monoisotopic (exact) mass is 298 g/mol. The number of alkyl halides is 3. The molecule has 116 valence electrons. The zero-order chi connectivity index (χ0) is 16.1. The fourth-order valence-corrected chi connectivity index (χ4v) is 1.27. The Bertz CT molecular complexity index is 384. The van der Waals surface area contributed by atoms with Crippen molar-refractivity contribution in [1.29, 1.82) is 0 Å². The summed E-state index contributed by atoms with van der Waals surface area (Å²) in [7, 11) is 2.67. The third-order valence-electron chi connectivity index (χ3n) is 2.25. The molecule has 4 N–H and O–H groups in total.